The fourth-order valence-electron chi connectivity index (χ4n) is 5.58. The van der Waals surface area contributed by atoms with E-state index in [1.807, 2.05) is 6.92 Å². The molecule has 0 saturated carbocycles. The Morgan fingerprint density at radius 1 is 1.22 bits per heavy atom. The number of piperazine rings is 1. The largest absolute Gasteiger partial charge is 0.457 e. The van der Waals surface area contributed by atoms with Gasteiger partial charge in [0.05, 0.1) is 47.0 Å². The molecule has 233 valence electrons. The molecule has 0 spiro atoms. The number of carbonyl (C=O) groups is 1. The molecule has 1 aliphatic rings. The van der Waals surface area contributed by atoms with Crippen LogP contribution in [0.25, 0.3) is 28.0 Å². The van der Waals surface area contributed by atoms with Gasteiger partial charge in [-0.05, 0) is 37.1 Å². The van der Waals surface area contributed by atoms with Crippen molar-refractivity contribution in [1.82, 2.24) is 28.6 Å². The molecule has 0 N–H and O–H groups in total. The fourth-order valence-corrected chi connectivity index (χ4v) is 7.00. The van der Waals surface area contributed by atoms with E-state index in [9.17, 15) is 22.4 Å². The summed E-state index contributed by atoms with van der Waals surface area (Å²) in [4.78, 5) is 41.3. The molecule has 0 bridgehead atoms. The Morgan fingerprint density at radius 2 is 1.93 bits per heavy atom. The third-order valence-electron chi connectivity index (χ3n) is 7.92. The normalized spacial score (nSPS) is 18.9. The highest BCUT2D eigenvalue weighted by Crippen LogP contribution is 2.38. The summed E-state index contributed by atoms with van der Waals surface area (Å²) in [6.45, 7) is 9.69. The SMILES string of the molecule is C=CC(=O)N1CC[N+]([Si])(c2nc(=O)n(-c3c(S(C)(=O)=O)ccnc3C(C)C)c3nc(-c4cccc(F)c4Cl)c(F)cc23)[C@@H](C)C1. The zero-order valence-corrected chi connectivity index (χ0v) is 27.5. The first-order chi connectivity index (χ1) is 21.1. The third kappa shape index (κ3) is 5.60. The predicted molar refractivity (Wildman–Crippen MR) is 169 cm³/mol. The molecule has 15 heteroatoms. The van der Waals surface area contributed by atoms with E-state index in [1.165, 1.54) is 30.5 Å². The van der Waals surface area contributed by atoms with Crippen LogP contribution < -0.4 is 9.84 Å². The first-order valence-corrected chi connectivity index (χ1v) is 16.6. The van der Waals surface area contributed by atoms with E-state index in [2.05, 4.69) is 31.9 Å². The molecule has 2 atom stereocenters. The Kier molecular flexibility index (Phi) is 8.55. The topological polar surface area (TPSA) is 115 Å². The molecular weight excluding hydrogens is 642 g/mol. The average molecular weight is 671 g/mol. The molecule has 3 aromatic heterocycles. The number of nitrogens with zero attached hydrogens (tertiary/aromatic N) is 6. The number of aromatic nitrogens is 4. The van der Waals surface area contributed by atoms with Crippen LogP contribution in [0.1, 0.15) is 32.4 Å². The van der Waals surface area contributed by atoms with Crippen LogP contribution in [0.3, 0.4) is 0 Å². The minimum Gasteiger partial charge on any atom is -0.328 e. The molecule has 1 aliphatic heterocycles. The molecule has 45 heavy (non-hydrogen) atoms. The quantitative estimate of drug-likeness (QED) is 0.224. The molecule has 0 aliphatic carbocycles. The standard InChI is InChI=1S/C30H29ClF2N6O4SSi/c1-6-23(40)37-12-13-39(45,17(4)15-37)29-19-14-21(33)26(18-8-7-9-20(32)24(18)31)35-28(19)38(30(41)36-29)27-22(44(5,42)43)10-11-34-25(27)16(2)3/h6-11,14,16-17H,1,12-13,15H2,2-5H3/q+1/t17-,39?/m0/s1. The molecule has 10 nitrogen and oxygen atoms in total. The number of amides is 1. The number of hydrogen-bond donors (Lipinski definition) is 0. The van der Waals surface area contributed by atoms with Gasteiger partial charge in [-0.2, -0.15) is 0 Å². The lowest BCUT2D eigenvalue weighted by atomic mass is 10.1. The summed E-state index contributed by atoms with van der Waals surface area (Å²) in [7, 11) is -0.132. The summed E-state index contributed by atoms with van der Waals surface area (Å²) in [5.41, 5.74) is -1.29. The number of carbonyl (C=O) groups excluding carboxylic acids is 1. The van der Waals surface area contributed by atoms with Crippen LogP contribution >= 0.6 is 11.6 Å². The minimum absolute atomic E-state index is 0.0702. The molecule has 3 radical (unpaired) electrons. The summed E-state index contributed by atoms with van der Waals surface area (Å²) in [5.74, 6) is -2.20. The zero-order chi connectivity index (χ0) is 33.0. The van der Waals surface area contributed by atoms with Crippen molar-refractivity contribution in [2.75, 3.05) is 25.9 Å². The number of sulfone groups is 1. The average Bonchev–Trinajstić information content (AvgIpc) is 2.98. The number of benzene rings is 1. The lowest BCUT2D eigenvalue weighted by Gasteiger charge is -2.46. The van der Waals surface area contributed by atoms with E-state index in [1.54, 1.807) is 18.7 Å². The van der Waals surface area contributed by atoms with Crippen molar-refractivity contribution in [3.63, 3.8) is 0 Å². The van der Waals surface area contributed by atoms with Crippen molar-refractivity contribution in [3.8, 4) is 16.9 Å². The summed E-state index contributed by atoms with van der Waals surface area (Å²) in [5, 5.41) is -0.306. The molecule has 1 saturated heterocycles. The number of rotatable bonds is 6. The van der Waals surface area contributed by atoms with Crippen LogP contribution in [-0.4, -0.2) is 81.1 Å². The number of quaternary nitrogens is 1. The van der Waals surface area contributed by atoms with Crippen molar-refractivity contribution in [2.45, 2.75) is 37.6 Å². The van der Waals surface area contributed by atoms with E-state index in [0.717, 1.165) is 23.0 Å². The minimum atomic E-state index is -3.93. The summed E-state index contributed by atoms with van der Waals surface area (Å²) in [6.07, 6.45) is 3.55. The molecule has 1 fully saturated rings. The van der Waals surface area contributed by atoms with Gasteiger partial charge in [-0.3, -0.25) is 9.78 Å². The summed E-state index contributed by atoms with van der Waals surface area (Å²) in [6, 6.07) is 5.85. The van der Waals surface area contributed by atoms with E-state index in [-0.39, 0.29) is 91.1 Å². The van der Waals surface area contributed by atoms with Gasteiger partial charge in [0.1, 0.15) is 16.9 Å². The van der Waals surface area contributed by atoms with Crippen LogP contribution in [0.2, 0.25) is 5.02 Å². The van der Waals surface area contributed by atoms with E-state index >= 15 is 4.39 Å². The van der Waals surface area contributed by atoms with Crippen molar-refractivity contribution in [3.05, 3.63) is 82.0 Å². The van der Waals surface area contributed by atoms with Crippen molar-refractivity contribution in [2.24, 2.45) is 0 Å². The van der Waals surface area contributed by atoms with Crippen LogP contribution in [0.15, 0.2) is 58.9 Å². The van der Waals surface area contributed by atoms with Crippen LogP contribution in [0.4, 0.5) is 14.6 Å². The molecular formula is C30H29ClF2N6O4SSi+. The van der Waals surface area contributed by atoms with E-state index < -0.39 is 27.2 Å². The van der Waals surface area contributed by atoms with E-state index in [4.69, 9.17) is 11.6 Å². The van der Waals surface area contributed by atoms with Gasteiger partial charge in [0, 0.05) is 18.0 Å². The van der Waals surface area contributed by atoms with Crippen molar-refractivity contribution in [1.29, 1.82) is 0 Å². The molecule has 5 rings (SSSR count). The second-order valence-corrected chi connectivity index (χ2v) is 14.4. The number of fused-ring (bicyclic) bond motifs is 1. The molecule has 1 amide bonds. The van der Waals surface area contributed by atoms with Gasteiger partial charge in [-0.25, -0.2) is 31.5 Å². The van der Waals surface area contributed by atoms with Gasteiger partial charge in [0.25, 0.3) is 0 Å². The van der Waals surface area contributed by atoms with Crippen LogP contribution in [0, 0.1) is 11.6 Å². The monoisotopic (exact) mass is 670 g/mol. The Bertz CT molecular complexity index is 2060. The van der Waals surface area contributed by atoms with Crippen molar-refractivity contribution >= 4 is 54.6 Å². The lowest BCUT2D eigenvalue weighted by Crippen LogP contribution is -2.66. The first-order valence-electron chi connectivity index (χ1n) is 13.9. The van der Waals surface area contributed by atoms with Crippen molar-refractivity contribution < 1.29 is 22.0 Å². The van der Waals surface area contributed by atoms with Gasteiger partial charge >= 0.3 is 16.1 Å². The molecule has 4 heterocycles. The highest BCUT2D eigenvalue weighted by atomic mass is 35.5. The Morgan fingerprint density at radius 3 is 2.56 bits per heavy atom. The highest BCUT2D eigenvalue weighted by molar-refractivity contribution is 7.90. The highest BCUT2D eigenvalue weighted by Gasteiger charge is 2.42. The summed E-state index contributed by atoms with van der Waals surface area (Å²) >= 11 is 6.23. The smallest absolute Gasteiger partial charge is 0.328 e. The number of pyridine rings is 2. The predicted octanol–water partition coefficient (Wildman–Crippen LogP) is 4.11. The molecule has 1 aromatic carbocycles. The molecule has 1 unspecified atom stereocenters. The summed E-state index contributed by atoms with van der Waals surface area (Å²) < 4.78 is 57.5. The van der Waals surface area contributed by atoms with Gasteiger partial charge in [0.15, 0.2) is 21.3 Å². The fraction of sp³-hybridized carbons (Fsp3) is 0.300. The maximum absolute atomic E-state index is 16.1. The van der Waals surface area contributed by atoms with Gasteiger partial charge in [0.2, 0.25) is 11.7 Å². The zero-order valence-electron chi connectivity index (χ0n) is 24.9. The van der Waals surface area contributed by atoms with Gasteiger partial charge in [-0.1, -0.05) is 44.2 Å². The van der Waals surface area contributed by atoms with Gasteiger partial charge < -0.3 is 9.05 Å². The van der Waals surface area contributed by atoms with E-state index in [0.29, 0.717) is 0 Å². The Labute approximate surface area is 267 Å². The number of halogens is 3. The second-order valence-electron chi connectivity index (χ2n) is 11.2. The second kappa shape index (κ2) is 11.8. The third-order valence-corrected chi connectivity index (χ3v) is 10.3. The Hall–Kier alpha value is -3.85. The Balaban J connectivity index is 1.92. The van der Waals surface area contributed by atoms with Gasteiger partial charge in [-0.15, -0.1) is 4.98 Å². The first kappa shape index (κ1) is 32.5. The maximum Gasteiger partial charge on any atom is 0.457 e. The maximum atomic E-state index is 16.1. The molecule has 4 aromatic rings. The number of hydrogen-bond acceptors (Lipinski definition) is 7. The lowest BCUT2D eigenvalue weighted by molar-refractivity contribution is -0.127. The van der Waals surface area contributed by atoms with Crippen LogP contribution in [-0.2, 0) is 14.6 Å². The van der Waals surface area contributed by atoms with Crippen LogP contribution in [0.5, 0.6) is 0 Å².